The second kappa shape index (κ2) is 8.34. The molecule has 2 aliphatic rings. The quantitative estimate of drug-likeness (QED) is 0.639. The maximum atomic E-state index is 14.0. The van der Waals surface area contributed by atoms with Crippen molar-refractivity contribution >= 4 is 28.5 Å². The molecular weight excluding hydrogens is 399 g/mol. The molecule has 4 rings (SSSR count). The van der Waals surface area contributed by atoms with Gasteiger partial charge in [0.1, 0.15) is 11.4 Å². The van der Waals surface area contributed by atoms with Crippen molar-refractivity contribution in [1.29, 1.82) is 0 Å². The van der Waals surface area contributed by atoms with Gasteiger partial charge in [0.25, 0.3) is 0 Å². The lowest BCUT2D eigenvalue weighted by Gasteiger charge is -2.30. The van der Waals surface area contributed by atoms with E-state index < -0.39 is 11.6 Å². The third-order valence-corrected chi connectivity index (χ3v) is 6.09. The minimum atomic E-state index is -0.850. The van der Waals surface area contributed by atoms with E-state index in [0.717, 1.165) is 26.5 Å². The number of hydrogen-bond acceptors (Lipinski definition) is 5. The van der Waals surface area contributed by atoms with Gasteiger partial charge in [-0.15, -0.1) is 11.3 Å². The zero-order valence-electron chi connectivity index (χ0n) is 16.7. The number of halogens is 1. The highest BCUT2D eigenvalue weighted by Gasteiger charge is 2.31. The van der Waals surface area contributed by atoms with E-state index in [0.29, 0.717) is 29.9 Å². The number of benzene rings is 1. The second-order valence-corrected chi connectivity index (χ2v) is 8.45. The number of ketones is 1. The normalized spacial score (nSPS) is 19.3. The number of allylic oxidation sites excluding steroid dienone is 7. The van der Waals surface area contributed by atoms with Crippen LogP contribution in [0.5, 0.6) is 0 Å². The number of carbonyl (C=O) groups is 1. The molecule has 0 saturated heterocycles. The summed E-state index contributed by atoms with van der Waals surface area (Å²) in [5, 5.41) is 12.0. The highest BCUT2D eigenvalue weighted by Crippen LogP contribution is 2.36. The number of hydroxylamine groups is 2. The zero-order chi connectivity index (χ0) is 21.3. The molecule has 0 bridgehead atoms. The fraction of sp³-hybridized carbons (Fsp3) is 0.167. The average Bonchev–Trinajstić information content (AvgIpc) is 3.18. The highest BCUT2D eigenvalue weighted by atomic mass is 32.1. The smallest absolute Gasteiger partial charge is 0.223 e. The van der Waals surface area contributed by atoms with E-state index >= 15 is 0 Å². The Bertz CT molecular complexity index is 1150. The van der Waals surface area contributed by atoms with Crippen LogP contribution in [0.3, 0.4) is 0 Å². The van der Waals surface area contributed by atoms with E-state index in [4.69, 9.17) is 4.99 Å². The summed E-state index contributed by atoms with van der Waals surface area (Å²) < 4.78 is 14.0. The Morgan fingerprint density at radius 1 is 1.10 bits per heavy atom. The molecule has 0 radical (unpaired) electrons. The average molecular weight is 421 g/mol. The third kappa shape index (κ3) is 3.84. The number of carbonyl (C=O) groups excluding carboxylic acids is 1. The van der Waals surface area contributed by atoms with Crippen LogP contribution in [0.4, 0.5) is 4.39 Å². The number of rotatable bonds is 4. The molecular formula is C24H21FN2O2S. The lowest BCUT2D eigenvalue weighted by atomic mass is 9.95. The highest BCUT2D eigenvalue weighted by molar-refractivity contribution is 7.13. The van der Waals surface area contributed by atoms with Crippen molar-refractivity contribution in [1.82, 2.24) is 5.06 Å². The first-order valence-corrected chi connectivity index (χ1v) is 10.5. The SMILES string of the molecule is CC1=C(c2ccc(C)s2)N=C(CCc2ccccc2)/C(=C2\C=CC=C(F)C2=O)N1O. The van der Waals surface area contributed by atoms with Crippen LogP contribution in [0, 0.1) is 6.92 Å². The number of Topliss-reactive ketones (excluding diaryl/α,β-unsaturated/α-hetero) is 1. The molecule has 0 atom stereocenters. The summed E-state index contributed by atoms with van der Waals surface area (Å²) in [6.07, 6.45) is 5.29. The van der Waals surface area contributed by atoms with Crippen LogP contribution in [0.1, 0.15) is 28.7 Å². The van der Waals surface area contributed by atoms with E-state index in [1.54, 1.807) is 18.3 Å². The van der Waals surface area contributed by atoms with Gasteiger partial charge in [0, 0.05) is 4.88 Å². The molecule has 1 N–H and O–H groups in total. The van der Waals surface area contributed by atoms with Gasteiger partial charge in [-0.05, 0) is 56.5 Å². The van der Waals surface area contributed by atoms with Gasteiger partial charge in [0.05, 0.1) is 21.9 Å². The first kappa shape index (κ1) is 20.2. The predicted molar refractivity (Wildman–Crippen MR) is 118 cm³/mol. The summed E-state index contributed by atoms with van der Waals surface area (Å²) in [5.74, 6) is -1.60. The van der Waals surface area contributed by atoms with Crippen molar-refractivity contribution in [3.8, 4) is 0 Å². The van der Waals surface area contributed by atoms with E-state index in [1.165, 1.54) is 12.2 Å². The van der Waals surface area contributed by atoms with Crippen LogP contribution in [0.2, 0.25) is 0 Å². The standard InChI is InChI=1S/C24H21FN2O2S/c1-15-11-14-21(30-15)22-16(2)27(29)23(18-9-6-10-19(25)24(18)28)20(26-22)13-12-17-7-4-3-5-8-17/h3-11,14,29H,12-13H2,1-2H3/b23-18-. The summed E-state index contributed by atoms with van der Waals surface area (Å²) in [6, 6.07) is 13.9. The molecule has 1 aliphatic heterocycles. The molecule has 2 aromatic rings. The Kier molecular flexibility index (Phi) is 5.61. The van der Waals surface area contributed by atoms with Crippen molar-refractivity contribution in [2.24, 2.45) is 4.99 Å². The lowest BCUT2D eigenvalue weighted by molar-refractivity contribution is -0.113. The molecule has 30 heavy (non-hydrogen) atoms. The van der Waals surface area contributed by atoms with E-state index in [1.807, 2.05) is 49.4 Å². The molecule has 2 heterocycles. The van der Waals surface area contributed by atoms with Crippen LogP contribution in [-0.2, 0) is 11.2 Å². The third-order valence-electron chi connectivity index (χ3n) is 5.08. The van der Waals surface area contributed by atoms with E-state index in [2.05, 4.69) is 0 Å². The molecule has 1 aromatic heterocycles. The Balaban J connectivity index is 1.80. The van der Waals surface area contributed by atoms with Gasteiger partial charge in [-0.1, -0.05) is 36.4 Å². The Morgan fingerprint density at radius 2 is 1.87 bits per heavy atom. The van der Waals surface area contributed by atoms with Gasteiger partial charge in [-0.25, -0.2) is 14.4 Å². The first-order valence-electron chi connectivity index (χ1n) is 9.67. The van der Waals surface area contributed by atoms with E-state index in [9.17, 15) is 14.4 Å². The summed E-state index contributed by atoms with van der Waals surface area (Å²) in [5.41, 5.74) is 3.17. The zero-order valence-corrected chi connectivity index (χ0v) is 17.5. The van der Waals surface area contributed by atoms with Crippen molar-refractivity contribution in [2.75, 3.05) is 0 Å². The summed E-state index contributed by atoms with van der Waals surface area (Å²) >= 11 is 1.59. The molecule has 1 aliphatic carbocycles. The maximum absolute atomic E-state index is 14.0. The summed E-state index contributed by atoms with van der Waals surface area (Å²) in [6.45, 7) is 3.75. The molecule has 0 unspecified atom stereocenters. The molecule has 0 fully saturated rings. The minimum absolute atomic E-state index is 0.102. The van der Waals surface area contributed by atoms with Crippen molar-refractivity contribution < 1.29 is 14.4 Å². The van der Waals surface area contributed by atoms with Crippen molar-refractivity contribution in [3.63, 3.8) is 0 Å². The largest absolute Gasteiger partial charge is 0.286 e. The van der Waals surface area contributed by atoms with Gasteiger partial charge in [0.15, 0.2) is 5.83 Å². The van der Waals surface area contributed by atoms with Crippen molar-refractivity contribution in [2.45, 2.75) is 26.7 Å². The summed E-state index contributed by atoms with van der Waals surface area (Å²) in [4.78, 5) is 19.4. The molecule has 0 saturated carbocycles. The number of aryl methyl sites for hydroxylation is 2. The number of thiophene rings is 1. The fourth-order valence-corrected chi connectivity index (χ4v) is 4.41. The van der Waals surface area contributed by atoms with Crippen LogP contribution < -0.4 is 0 Å². The van der Waals surface area contributed by atoms with Crippen molar-refractivity contribution in [3.05, 3.63) is 98.8 Å². The van der Waals surface area contributed by atoms with Gasteiger partial charge in [0.2, 0.25) is 5.78 Å². The molecule has 4 nitrogen and oxygen atoms in total. The fourth-order valence-electron chi connectivity index (χ4n) is 3.50. The molecule has 0 spiro atoms. The van der Waals surface area contributed by atoms with Crippen LogP contribution in [0.25, 0.3) is 5.70 Å². The van der Waals surface area contributed by atoms with Gasteiger partial charge in [-0.3, -0.25) is 10.0 Å². The van der Waals surface area contributed by atoms with Crippen LogP contribution in [0.15, 0.2) is 88.5 Å². The Hall–Kier alpha value is -3.09. The summed E-state index contributed by atoms with van der Waals surface area (Å²) in [7, 11) is 0. The van der Waals surface area contributed by atoms with Crippen LogP contribution >= 0.6 is 11.3 Å². The molecule has 0 amide bonds. The number of aliphatic imine (C=N–C) groups is 1. The Labute approximate surface area is 178 Å². The number of hydrogen-bond donors (Lipinski definition) is 1. The van der Waals surface area contributed by atoms with Gasteiger partial charge >= 0.3 is 0 Å². The molecule has 152 valence electrons. The molecule has 1 aromatic carbocycles. The topological polar surface area (TPSA) is 52.9 Å². The van der Waals surface area contributed by atoms with Gasteiger partial charge in [-0.2, -0.15) is 0 Å². The van der Waals surface area contributed by atoms with Gasteiger partial charge < -0.3 is 0 Å². The first-order chi connectivity index (χ1) is 14.5. The second-order valence-electron chi connectivity index (χ2n) is 7.17. The van der Waals surface area contributed by atoms with E-state index in [-0.39, 0.29) is 11.3 Å². The predicted octanol–water partition coefficient (Wildman–Crippen LogP) is 5.77. The number of nitrogens with zero attached hydrogens (tertiary/aromatic N) is 2. The Morgan fingerprint density at radius 3 is 2.57 bits per heavy atom. The monoisotopic (exact) mass is 420 g/mol. The maximum Gasteiger partial charge on any atom is 0.223 e. The lowest BCUT2D eigenvalue weighted by Crippen LogP contribution is -2.30. The van der Waals surface area contributed by atoms with Crippen LogP contribution in [-0.4, -0.2) is 21.8 Å². The minimum Gasteiger partial charge on any atom is -0.286 e. The molecule has 6 heteroatoms.